The number of hydrogen-bond donors (Lipinski definition) is 0. The summed E-state index contributed by atoms with van der Waals surface area (Å²) in [6.45, 7) is 4.09. The lowest BCUT2D eigenvalue weighted by Gasteiger charge is -2.25. The maximum absolute atomic E-state index is 13.1. The Hall–Kier alpha value is -2.27. The van der Waals surface area contributed by atoms with Crippen LogP contribution in [0.3, 0.4) is 0 Å². The summed E-state index contributed by atoms with van der Waals surface area (Å²) in [5.74, 6) is 0.148. The lowest BCUT2D eigenvalue weighted by Crippen LogP contribution is -2.40. The molecular weight excluding hydrogens is 330 g/mol. The van der Waals surface area contributed by atoms with Gasteiger partial charge in [0, 0.05) is 18.8 Å². The van der Waals surface area contributed by atoms with Gasteiger partial charge in [0.1, 0.15) is 0 Å². The maximum Gasteiger partial charge on any atom is 0.240 e. The quantitative estimate of drug-likeness (QED) is 0.669. The van der Waals surface area contributed by atoms with Crippen LogP contribution in [0, 0.1) is 0 Å². The number of hydrogen-bond acceptors (Lipinski definition) is 3. The number of rotatable bonds is 3. The molecule has 2 atom stereocenters. The van der Waals surface area contributed by atoms with Crippen LogP contribution in [0.15, 0.2) is 53.7 Å². The van der Waals surface area contributed by atoms with Crippen molar-refractivity contribution in [1.29, 1.82) is 0 Å². The topological polar surface area (TPSA) is 38.1 Å². The molecule has 0 N–H and O–H groups in total. The van der Waals surface area contributed by atoms with E-state index >= 15 is 0 Å². The third kappa shape index (κ3) is 2.72. The summed E-state index contributed by atoms with van der Waals surface area (Å²) in [6.07, 6.45) is 0.922. The molecule has 0 radical (unpaired) electrons. The number of aryl methyl sites for hydroxylation is 1. The first-order chi connectivity index (χ1) is 12.1. The number of para-hydroxylation sites is 3. The van der Waals surface area contributed by atoms with Crippen LogP contribution in [0.2, 0.25) is 0 Å². The number of thioether (sulfide) groups is 1. The molecule has 3 aromatic rings. The van der Waals surface area contributed by atoms with Crippen molar-refractivity contribution in [2.45, 2.75) is 36.7 Å². The van der Waals surface area contributed by atoms with E-state index in [4.69, 9.17) is 0 Å². The number of nitrogens with zero attached hydrogens (tertiary/aromatic N) is 3. The van der Waals surface area contributed by atoms with E-state index in [-0.39, 0.29) is 17.2 Å². The van der Waals surface area contributed by atoms with Crippen molar-refractivity contribution < 1.29 is 4.79 Å². The highest BCUT2D eigenvalue weighted by molar-refractivity contribution is 8.00. The van der Waals surface area contributed by atoms with Crippen molar-refractivity contribution in [3.8, 4) is 0 Å². The van der Waals surface area contributed by atoms with Gasteiger partial charge in [0.15, 0.2) is 5.16 Å². The van der Waals surface area contributed by atoms with Gasteiger partial charge in [-0.3, -0.25) is 4.79 Å². The maximum atomic E-state index is 13.1. The Labute approximate surface area is 151 Å². The molecule has 2 heterocycles. The fourth-order valence-electron chi connectivity index (χ4n) is 3.53. The van der Waals surface area contributed by atoms with Crippen LogP contribution in [0.4, 0.5) is 5.69 Å². The van der Waals surface area contributed by atoms with Crippen LogP contribution in [-0.2, 0) is 18.3 Å². The number of benzene rings is 2. The van der Waals surface area contributed by atoms with Crippen LogP contribution >= 0.6 is 11.8 Å². The molecule has 1 aliphatic heterocycles. The van der Waals surface area contributed by atoms with Crippen molar-refractivity contribution in [3.63, 3.8) is 0 Å². The molecule has 0 bridgehead atoms. The number of amides is 1. The molecule has 1 aliphatic rings. The Morgan fingerprint density at radius 2 is 1.92 bits per heavy atom. The predicted molar refractivity (Wildman–Crippen MR) is 103 cm³/mol. The average molecular weight is 351 g/mol. The summed E-state index contributed by atoms with van der Waals surface area (Å²) in [6, 6.07) is 16.5. The molecule has 0 spiro atoms. The molecular formula is C20H21N3OS. The standard InChI is InChI=1S/C20H21N3OS/c1-13-12-15-8-4-6-10-17(15)23(13)19(24)14(2)25-20-21-16-9-5-7-11-18(16)22(20)3/h4-11,13-14H,12H2,1-3H3. The zero-order valence-electron chi connectivity index (χ0n) is 14.6. The Kier molecular flexibility index (Phi) is 4.04. The van der Waals surface area contributed by atoms with Crippen LogP contribution in [0.25, 0.3) is 11.0 Å². The van der Waals surface area contributed by atoms with Crippen molar-refractivity contribution in [1.82, 2.24) is 9.55 Å². The number of anilines is 1. The van der Waals surface area contributed by atoms with Gasteiger partial charge in [-0.1, -0.05) is 42.1 Å². The second-order valence-corrected chi connectivity index (χ2v) is 7.90. The largest absolute Gasteiger partial charge is 0.322 e. The minimum atomic E-state index is -0.191. The fourth-order valence-corrected chi connectivity index (χ4v) is 4.47. The van der Waals surface area contributed by atoms with Gasteiger partial charge in [-0.05, 0) is 44.0 Å². The Morgan fingerprint density at radius 1 is 1.20 bits per heavy atom. The van der Waals surface area contributed by atoms with E-state index in [1.54, 1.807) is 0 Å². The normalized spacial score (nSPS) is 17.7. The van der Waals surface area contributed by atoms with E-state index in [0.717, 1.165) is 28.3 Å². The first-order valence-electron chi connectivity index (χ1n) is 8.55. The lowest BCUT2D eigenvalue weighted by molar-refractivity contribution is -0.118. The van der Waals surface area contributed by atoms with Gasteiger partial charge in [0.25, 0.3) is 0 Å². The number of carbonyl (C=O) groups is 1. The summed E-state index contributed by atoms with van der Waals surface area (Å²) in [5.41, 5.74) is 4.36. The van der Waals surface area contributed by atoms with Crippen LogP contribution in [0.5, 0.6) is 0 Å². The van der Waals surface area contributed by atoms with Crippen molar-refractivity contribution in [3.05, 3.63) is 54.1 Å². The number of fused-ring (bicyclic) bond motifs is 2. The minimum absolute atomic E-state index is 0.148. The zero-order chi connectivity index (χ0) is 17.6. The monoisotopic (exact) mass is 351 g/mol. The summed E-state index contributed by atoms with van der Waals surface area (Å²) in [7, 11) is 2.00. The molecule has 0 saturated heterocycles. The molecule has 25 heavy (non-hydrogen) atoms. The molecule has 2 aromatic carbocycles. The van der Waals surface area contributed by atoms with Gasteiger partial charge >= 0.3 is 0 Å². The highest BCUT2D eigenvalue weighted by Gasteiger charge is 2.33. The summed E-state index contributed by atoms with van der Waals surface area (Å²) in [4.78, 5) is 19.8. The molecule has 128 valence electrons. The molecule has 2 unspecified atom stereocenters. The number of imidazole rings is 1. The van der Waals surface area contributed by atoms with E-state index in [0.29, 0.717) is 0 Å². The van der Waals surface area contributed by atoms with E-state index < -0.39 is 0 Å². The SMILES string of the molecule is CC(Sc1nc2ccccc2n1C)C(=O)N1c2ccccc2CC1C. The Bertz CT molecular complexity index is 949. The fraction of sp³-hybridized carbons (Fsp3) is 0.300. The second-order valence-electron chi connectivity index (χ2n) is 6.59. The van der Waals surface area contributed by atoms with Crippen LogP contribution in [0.1, 0.15) is 19.4 Å². The lowest BCUT2D eigenvalue weighted by atomic mass is 10.1. The Morgan fingerprint density at radius 3 is 2.72 bits per heavy atom. The van der Waals surface area contributed by atoms with Crippen LogP contribution < -0.4 is 4.90 Å². The van der Waals surface area contributed by atoms with E-state index in [1.807, 2.05) is 55.3 Å². The number of aromatic nitrogens is 2. The predicted octanol–water partition coefficient (Wildman–Crippen LogP) is 4.03. The minimum Gasteiger partial charge on any atom is -0.322 e. The van der Waals surface area contributed by atoms with Crippen LogP contribution in [-0.4, -0.2) is 26.8 Å². The van der Waals surface area contributed by atoms with Gasteiger partial charge < -0.3 is 9.47 Å². The molecule has 1 amide bonds. The molecule has 5 heteroatoms. The molecule has 1 aromatic heterocycles. The molecule has 4 rings (SSSR count). The Balaban J connectivity index is 1.59. The highest BCUT2D eigenvalue weighted by Crippen LogP contribution is 2.35. The van der Waals surface area contributed by atoms with E-state index in [9.17, 15) is 4.79 Å². The summed E-state index contributed by atoms with van der Waals surface area (Å²) >= 11 is 1.53. The molecule has 0 saturated carbocycles. The van der Waals surface area contributed by atoms with Gasteiger partial charge in [0.05, 0.1) is 16.3 Å². The third-order valence-electron chi connectivity index (χ3n) is 4.82. The average Bonchev–Trinajstić information content (AvgIpc) is 3.11. The molecule has 0 fully saturated rings. The molecule has 0 aliphatic carbocycles. The molecule has 4 nitrogen and oxygen atoms in total. The summed E-state index contributed by atoms with van der Waals surface area (Å²) in [5, 5.41) is 0.686. The first-order valence-corrected chi connectivity index (χ1v) is 9.43. The van der Waals surface area contributed by atoms with E-state index in [2.05, 4.69) is 28.6 Å². The summed E-state index contributed by atoms with van der Waals surface area (Å²) < 4.78 is 2.06. The van der Waals surface area contributed by atoms with Crippen molar-refractivity contribution >= 4 is 34.4 Å². The highest BCUT2D eigenvalue weighted by atomic mass is 32.2. The van der Waals surface area contributed by atoms with Gasteiger partial charge in [-0.2, -0.15) is 0 Å². The smallest absolute Gasteiger partial charge is 0.240 e. The van der Waals surface area contributed by atoms with Gasteiger partial charge in [-0.15, -0.1) is 0 Å². The first kappa shape index (κ1) is 16.2. The van der Waals surface area contributed by atoms with E-state index in [1.165, 1.54) is 17.3 Å². The second kappa shape index (κ2) is 6.23. The zero-order valence-corrected chi connectivity index (χ0v) is 15.5. The van der Waals surface area contributed by atoms with Gasteiger partial charge in [0.2, 0.25) is 5.91 Å². The van der Waals surface area contributed by atoms with Gasteiger partial charge in [-0.25, -0.2) is 4.98 Å². The number of carbonyl (C=O) groups excluding carboxylic acids is 1. The third-order valence-corrected chi connectivity index (χ3v) is 5.95. The van der Waals surface area contributed by atoms with Crippen molar-refractivity contribution in [2.24, 2.45) is 7.05 Å². The van der Waals surface area contributed by atoms with Crippen molar-refractivity contribution in [2.75, 3.05) is 4.90 Å².